The van der Waals surface area contributed by atoms with Gasteiger partial charge in [0.2, 0.25) is 5.91 Å². The molecule has 2 aliphatic rings. The summed E-state index contributed by atoms with van der Waals surface area (Å²) in [5, 5.41) is 9.75. The molecule has 1 spiro atoms. The minimum Gasteiger partial charge on any atom is -0.323 e. The van der Waals surface area contributed by atoms with Crippen LogP contribution in [0, 0.1) is 0 Å². The van der Waals surface area contributed by atoms with Gasteiger partial charge in [-0.25, -0.2) is 9.48 Å². The van der Waals surface area contributed by atoms with Gasteiger partial charge >= 0.3 is 6.03 Å². The summed E-state index contributed by atoms with van der Waals surface area (Å²) in [5.41, 5.74) is 0.632. The molecule has 3 heterocycles. The van der Waals surface area contributed by atoms with E-state index in [2.05, 4.69) is 20.7 Å². The Morgan fingerprint density at radius 2 is 1.96 bits per heavy atom. The summed E-state index contributed by atoms with van der Waals surface area (Å²) in [6, 6.07) is 3.20. The van der Waals surface area contributed by atoms with Gasteiger partial charge in [-0.15, -0.1) is 0 Å². The lowest BCUT2D eigenvalue weighted by atomic mass is 9.98. The van der Waals surface area contributed by atoms with Crippen molar-refractivity contribution >= 4 is 23.5 Å². The van der Waals surface area contributed by atoms with Crippen molar-refractivity contribution in [3.8, 4) is 5.69 Å². The Morgan fingerprint density at radius 1 is 1.22 bits per heavy atom. The quantitative estimate of drug-likeness (QED) is 0.777. The number of anilines is 1. The first kappa shape index (κ1) is 17.2. The number of hydrogen-bond acceptors (Lipinski definition) is 5. The first-order valence-corrected chi connectivity index (χ1v) is 8.96. The van der Waals surface area contributed by atoms with Crippen molar-refractivity contribution in [2.24, 2.45) is 0 Å². The summed E-state index contributed by atoms with van der Waals surface area (Å²) in [6.07, 6.45) is 9.80. The fourth-order valence-electron chi connectivity index (χ4n) is 3.66. The van der Waals surface area contributed by atoms with E-state index < -0.39 is 11.6 Å². The highest BCUT2D eigenvalue weighted by atomic mass is 16.2. The summed E-state index contributed by atoms with van der Waals surface area (Å²) in [7, 11) is 0. The lowest BCUT2D eigenvalue weighted by Crippen LogP contribution is -2.44. The lowest BCUT2D eigenvalue weighted by Gasteiger charge is -2.19. The van der Waals surface area contributed by atoms with Gasteiger partial charge in [0, 0.05) is 25.4 Å². The molecule has 140 valence electrons. The van der Waals surface area contributed by atoms with Crippen LogP contribution in [0.3, 0.4) is 0 Å². The second-order valence-corrected chi connectivity index (χ2v) is 6.85. The first-order chi connectivity index (χ1) is 13.1. The van der Waals surface area contributed by atoms with Crippen LogP contribution >= 0.6 is 0 Å². The van der Waals surface area contributed by atoms with E-state index in [0.29, 0.717) is 18.5 Å². The van der Waals surface area contributed by atoms with Gasteiger partial charge in [0.05, 0.1) is 23.8 Å². The molecule has 1 saturated heterocycles. The number of nitrogens with zero attached hydrogens (tertiary/aromatic N) is 4. The second kappa shape index (κ2) is 6.82. The van der Waals surface area contributed by atoms with Crippen LogP contribution in [-0.2, 0) is 9.59 Å². The Hall–Kier alpha value is -3.23. The summed E-state index contributed by atoms with van der Waals surface area (Å²) in [6.45, 7) is 0.0662. The zero-order valence-electron chi connectivity index (χ0n) is 14.7. The average Bonchev–Trinajstić information content (AvgIpc) is 3.37. The van der Waals surface area contributed by atoms with E-state index in [1.165, 1.54) is 0 Å². The molecule has 0 atom stereocenters. The van der Waals surface area contributed by atoms with Crippen molar-refractivity contribution in [2.75, 3.05) is 11.9 Å². The Kier molecular flexibility index (Phi) is 4.35. The highest BCUT2D eigenvalue weighted by Crippen LogP contribution is 2.35. The van der Waals surface area contributed by atoms with Crippen LogP contribution in [-0.4, -0.2) is 49.6 Å². The minimum atomic E-state index is -0.737. The fraction of sp³-hybridized carbons (Fsp3) is 0.389. The van der Waals surface area contributed by atoms with Crippen LogP contribution in [0.5, 0.6) is 0 Å². The molecular weight excluding hydrogens is 348 g/mol. The molecule has 0 radical (unpaired) electrons. The van der Waals surface area contributed by atoms with Gasteiger partial charge in [-0.2, -0.15) is 5.10 Å². The number of hydrogen-bond donors (Lipinski definition) is 2. The van der Waals surface area contributed by atoms with Crippen molar-refractivity contribution in [2.45, 2.75) is 37.6 Å². The molecule has 1 saturated carbocycles. The molecular formula is C18H20N6O3. The topological polar surface area (TPSA) is 109 Å². The zero-order valence-corrected chi connectivity index (χ0v) is 14.7. The van der Waals surface area contributed by atoms with E-state index in [0.717, 1.165) is 23.4 Å². The molecule has 27 heavy (non-hydrogen) atoms. The monoisotopic (exact) mass is 368 g/mol. The Balaban J connectivity index is 1.33. The highest BCUT2D eigenvalue weighted by Gasteiger charge is 2.52. The van der Waals surface area contributed by atoms with Gasteiger partial charge in [-0.3, -0.25) is 19.5 Å². The summed E-state index contributed by atoms with van der Waals surface area (Å²) in [4.78, 5) is 42.0. The molecule has 0 unspecified atom stereocenters. The number of carbonyl (C=O) groups is 3. The van der Waals surface area contributed by atoms with Crippen molar-refractivity contribution in [3.63, 3.8) is 0 Å². The molecule has 1 aliphatic heterocycles. The minimum absolute atomic E-state index is 0.0374. The molecule has 9 heteroatoms. The van der Waals surface area contributed by atoms with Crippen LogP contribution in [0.2, 0.25) is 0 Å². The first-order valence-electron chi connectivity index (χ1n) is 8.96. The number of nitrogens with one attached hydrogen (secondary N) is 2. The van der Waals surface area contributed by atoms with Crippen molar-refractivity contribution in [1.82, 2.24) is 25.0 Å². The standard InChI is InChI=1S/C18H20N6O3/c25-15(21-13-11-20-24(12-13)14-3-8-19-9-4-14)5-10-23-16(26)18(22-17(23)27)6-1-2-7-18/h3-4,8-9,11-12H,1-2,5-7,10H2,(H,21,25)(H,22,27). The largest absolute Gasteiger partial charge is 0.325 e. The van der Waals surface area contributed by atoms with Crippen molar-refractivity contribution in [1.29, 1.82) is 0 Å². The highest BCUT2D eigenvalue weighted by molar-refractivity contribution is 6.07. The number of aromatic nitrogens is 3. The second-order valence-electron chi connectivity index (χ2n) is 6.85. The third-order valence-corrected chi connectivity index (χ3v) is 5.06. The number of carbonyl (C=O) groups excluding carboxylic acids is 3. The molecule has 0 bridgehead atoms. The van der Waals surface area contributed by atoms with Crippen LogP contribution < -0.4 is 10.6 Å². The molecule has 2 aromatic heterocycles. The number of pyridine rings is 1. The zero-order chi connectivity index (χ0) is 18.9. The Labute approximate surface area is 155 Å². The number of amides is 4. The maximum absolute atomic E-state index is 12.6. The van der Waals surface area contributed by atoms with E-state index in [1.807, 2.05) is 0 Å². The maximum Gasteiger partial charge on any atom is 0.325 e. The Bertz CT molecular complexity index is 872. The maximum atomic E-state index is 12.6. The molecule has 1 aliphatic carbocycles. The van der Waals surface area contributed by atoms with E-state index in [4.69, 9.17) is 0 Å². The van der Waals surface area contributed by atoms with Gasteiger partial charge in [0.1, 0.15) is 5.54 Å². The van der Waals surface area contributed by atoms with Crippen LogP contribution in [0.25, 0.3) is 5.69 Å². The van der Waals surface area contributed by atoms with Crippen molar-refractivity contribution in [3.05, 3.63) is 36.9 Å². The third kappa shape index (κ3) is 3.27. The normalized spacial score (nSPS) is 18.1. The van der Waals surface area contributed by atoms with E-state index in [-0.39, 0.29) is 24.8 Å². The van der Waals surface area contributed by atoms with Crippen molar-refractivity contribution < 1.29 is 14.4 Å². The molecule has 4 amide bonds. The van der Waals surface area contributed by atoms with E-state index in [1.54, 1.807) is 41.6 Å². The number of rotatable bonds is 5. The van der Waals surface area contributed by atoms with E-state index >= 15 is 0 Å². The van der Waals surface area contributed by atoms with Gasteiger partial charge in [0.25, 0.3) is 5.91 Å². The summed E-state index contributed by atoms with van der Waals surface area (Å²) in [5.74, 6) is -0.486. The molecule has 2 aromatic rings. The molecule has 2 fully saturated rings. The van der Waals surface area contributed by atoms with Gasteiger partial charge < -0.3 is 10.6 Å². The van der Waals surface area contributed by atoms with Gasteiger partial charge in [-0.1, -0.05) is 12.8 Å². The molecule has 2 N–H and O–H groups in total. The summed E-state index contributed by atoms with van der Waals surface area (Å²) >= 11 is 0. The number of urea groups is 1. The SMILES string of the molecule is O=C(CCN1C(=O)NC2(CCCC2)C1=O)Nc1cnn(-c2ccncc2)c1. The Morgan fingerprint density at radius 3 is 2.70 bits per heavy atom. The predicted molar refractivity (Wildman–Crippen MR) is 96.0 cm³/mol. The number of imide groups is 1. The predicted octanol–water partition coefficient (Wildman–Crippen LogP) is 1.46. The lowest BCUT2D eigenvalue weighted by molar-refractivity contribution is -0.131. The smallest absolute Gasteiger partial charge is 0.323 e. The fourth-order valence-corrected chi connectivity index (χ4v) is 3.66. The summed E-state index contributed by atoms with van der Waals surface area (Å²) < 4.78 is 1.62. The molecule has 0 aromatic carbocycles. The van der Waals surface area contributed by atoms with Crippen LogP contribution in [0.15, 0.2) is 36.9 Å². The third-order valence-electron chi connectivity index (χ3n) is 5.06. The van der Waals surface area contributed by atoms with Crippen LogP contribution in [0.4, 0.5) is 10.5 Å². The van der Waals surface area contributed by atoms with Gasteiger partial charge in [-0.05, 0) is 25.0 Å². The average molecular weight is 368 g/mol. The van der Waals surface area contributed by atoms with Crippen LogP contribution in [0.1, 0.15) is 32.1 Å². The molecule has 4 rings (SSSR count). The van der Waals surface area contributed by atoms with Gasteiger partial charge in [0.15, 0.2) is 0 Å². The molecule has 9 nitrogen and oxygen atoms in total. The van der Waals surface area contributed by atoms with E-state index in [9.17, 15) is 14.4 Å².